The van der Waals surface area contributed by atoms with Crippen LogP contribution in [0.1, 0.15) is 5.82 Å². The molecule has 3 N–H and O–H groups in total. The van der Waals surface area contributed by atoms with Gasteiger partial charge in [-0.05, 0) is 30.3 Å². The van der Waals surface area contributed by atoms with Crippen molar-refractivity contribution in [2.24, 2.45) is 10.9 Å². The SMILES string of the molecule is N/C(=N\O)c1nc2cnc3ccc(Cl)cc3c2n1-c1ccccc1Cl. The number of aromatic nitrogens is 3. The van der Waals surface area contributed by atoms with E-state index in [-0.39, 0.29) is 11.7 Å². The fourth-order valence-electron chi connectivity index (χ4n) is 2.81. The number of fused-ring (bicyclic) bond motifs is 3. The summed E-state index contributed by atoms with van der Waals surface area (Å²) in [6.07, 6.45) is 1.63. The highest BCUT2D eigenvalue weighted by Crippen LogP contribution is 2.32. The number of halogens is 2. The molecule has 0 aliphatic carbocycles. The number of rotatable bonds is 2. The lowest BCUT2D eigenvalue weighted by Crippen LogP contribution is -2.19. The number of imidazole rings is 1. The Morgan fingerprint density at radius 1 is 1.12 bits per heavy atom. The van der Waals surface area contributed by atoms with Gasteiger partial charge in [0.2, 0.25) is 5.84 Å². The van der Waals surface area contributed by atoms with Gasteiger partial charge in [-0.15, -0.1) is 0 Å². The van der Waals surface area contributed by atoms with Crippen molar-refractivity contribution in [3.63, 3.8) is 0 Å². The molecule has 0 fully saturated rings. The van der Waals surface area contributed by atoms with Crippen LogP contribution in [-0.4, -0.2) is 25.6 Å². The van der Waals surface area contributed by atoms with Crippen molar-refractivity contribution in [2.75, 3.05) is 0 Å². The van der Waals surface area contributed by atoms with Gasteiger partial charge in [0.15, 0.2) is 5.82 Å². The molecule has 2 heterocycles. The largest absolute Gasteiger partial charge is 0.409 e. The fraction of sp³-hybridized carbons (Fsp3) is 0. The molecule has 0 amide bonds. The van der Waals surface area contributed by atoms with Gasteiger partial charge in [-0.1, -0.05) is 40.5 Å². The van der Waals surface area contributed by atoms with Gasteiger partial charge in [-0.2, -0.15) is 0 Å². The number of para-hydroxylation sites is 1. The molecular formula is C17H11Cl2N5O. The van der Waals surface area contributed by atoms with E-state index in [2.05, 4.69) is 15.1 Å². The molecule has 0 aliphatic rings. The Balaban J connectivity index is 2.24. The summed E-state index contributed by atoms with van der Waals surface area (Å²) in [6.45, 7) is 0. The number of nitrogens with zero attached hydrogens (tertiary/aromatic N) is 4. The summed E-state index contributed by atoms with van der Waals surface area (Å²) < 4.78 is 1.74. The normalized spacial score (nSPS) is 12.2. The van der Waals surface area contributed by atoms with E-state index in [1.54, 1.807) is 29.0 Å². The number of hydrogen-bond donors (Lipinski definition) is 2. The minimum Gasteiger partial charge on any atom is -0.409 e. The minimum absolute atomic E-state index is 0.133. The topological polar surface area (TPSA) is 89.3 Å². The molecule has 0 radical (unpaired) electrons. The number of oxime groups is 1. The third kappa shape index (κ3) is 2.47. The maximum absolute atomic E-state index is 9.15. The van der Waals surface area contributed by atoms with Crippen LogP contribution in [0.4, 0.5) is 0 Å². The lowest BCUT2D eigenvalue weighted by Gasteiger charge is -2.11. The van der Waals surface area contributed by atoms with Crippen LogP contribution in [0.25, 0.3) is 27.6 Å². The average molecular weight is 372 g/mol. The van der Waals surface area contributed by atoms with Crippen LogP contribution in [0.5, 0.6) is 0 Å². The molecule has 0 unspecified atom stereocenters. The monoisotopic (exact) mass is 371 g/mol. The van der Waals surface area contributed by atoms with Crippen molar-refractivity contribution in [1.29, 1.82) is 0 Å². The van der Waals surface area contributed by atoms with Gasteiger partial charge >= 0.3 is 0 Å². The van der Waals surface area contributed by atoms with Crippen LogP contribution in [0, 0.1) is 0 Å². The van der Waals surface area contributed by atoms with Gasteiger partial charge in [0.05, 0.1) is 27.9 Å². The molecule has 4 rings (SSSR count). The summed E-state index contributed by atoms with van der Waals surface area (Å²) in [5, 5.41) is 14.1. The quantitative estimate of drug-likeness (QED) is 0.241. The number of benzene rings is 2. The maximum atomic E-state index is 9.15. The zero-order chi connectivity index (χ0) is 17.6. The lowest BCUT2D eigenvalue weighted by molar-refractivity contribution is 0.318. The van der Waals surface area contributed by atoms with Crippen LogP contribution < -0.4 is 5.73 Å². The predicted molar refractivity (Wildman–Crippen MR) is 98.9 cm³/mol. The second-order valence-electron chi connectivity index (χ2n) is 5.36. The van der Waals surface area contributed by atoms with Gasteiger partial charge in [0.25, 0.3) is 0 Å². The Labute approximate surface area is 152 Å². The summed E-state index contributed by atoms with van der Waals surface area (Å²) in [5.41, 5.74) is 8.55. The van der Waals surface area contributed by atoms with E-state index >= 15 is 0 Å². The Morgan fingerprint density at radius 2 is 1.92 bits per heavy atom. The second-order valence-corrected chi connectivity index (χ2v) is 6.20. The lowest BCUT2D eigenvalue weighted by atomic mass is 10.2. The zero-order valence-corrected chi connectivity index (χ0v) is 14.2. The Hall–Kier alpha value is -2.83. The zero-order valence-electron chi connectivity index (χ0n) is 12.7. The summed E-state index contributed by atoms with van der Waals surface area (Å²) in [7, 11) is 0. The van der Waals surface area contributed by atoms with E-state index in [0.29, 0.717) is 21.2 Å². The van der Waals surface area contributed by atoms with E-state index in [1.807, 2.05) is 24.3 Å². The molecule has 25 heavy (non-hydrogen) atoms. The molecule has 0 saturated carbocycles. The summed E-state index contributed by atoms with van der Waals surface area (Å²) >= 11 is 12.6. The first kappa shape index (κ1) is 15.7. The van der Waals surface area contributed by atoms with E-state index in [4.69, 9.17) is 34.1 Å². The summed E-state index contributed by atoms with van der Waals surface area (Å²) in [6, 6.07) is 12.7. The van der Waals surface area contributed by atoms with E-state index in [0.717, 1.165) is 16.4 Å². The first-order valence-electron chi connectivity index (χ1n) is 7.29. The third-order valence-electron chi connectivity index (χ3n) is 3.87. The van der Waals surface area contributed by atoms with Crippen LogP contribution in [-0.2, 0) is 0 Å². The van der Waals surface area contributed by atoms with Gasteiger partial charge < -0.3 is 10.9 Å². The molecule has 0 aliphatic heterocycles. The molecule has 0 atom stereocenters. The highest BCUT2D eigenvalue weighted by atomic mass is 35.5. The molecule has 0 saturated heterocycles. The van der Waals surface area contributed by atoms with E-state index in [1.165, 1.54) is 0 Å². The van der Waals surface area contributed by atoms with Crippen LogP contribution in [0.3, 0.4) is 0 Å². The molecule has 0 spiro atoms. The highest BCUT2D eigenvalue weighted by molar-refractivity contribution is 6.33. The van der Waals surface area contributed by atoms with Gasteiger partial charge in [-0.25, -0.2) is 4.98 Å². The summed E-state index contributed by atoms with van der Waals surface area (Å²) in [5.74, 6) is 0.131. The van der Waals surface area contributed by atoms with Crippen molar-refractivity contribution < 1.29 is 5.21 Å². The predicted octanol–water partition coefficient (Wildman–Crippen LogP) is 3.98. The van der Waals surface area contributed by atoms with Crippen molar-refractivity contribution in [2.45, 2.75) is 0 Å². The maximum Gasteiger partial charge on any atom is 0.206 e. The molecule has 4 aromatic rings. The minimum atomic E-state index is -0.133. The van der Waals surface area contributed by atoms with Crippen LogP contribution in [0.15, 0.2) is 53.8 Å². The van der Waals surface area contributed by atoms with Gasteiger partial charge in [-0.3, -0.25) is 9.55 Å². The number of nitrogens with two attached hydrogens (primary N) is 1. The fourth-order valence-corrected chi connectivity index (χ4v) is 3.20. The molecule has 8 heteroatoms. The highest BCUT2D eigenvalue weighted by Gasteiger charge is 2.20. The van der Waals surface area contributed by atoms with Crippen LogP contribution in [0.2, 0.25) is 10.0 Å². The van der Waals surface area contributed by atoms with Crippen molar-refractivity contribution in [1.82, 2.24) is 14.5 Å². The van der Waals surface area contributed by atoms with Crippen molar-refractivity contribution >= 4 is 51.0 Å². The standard InChI is InChI=1S/C17H11Cl2N5O/c18-9-5-6-12-10(7-9)15-13(8-21-12)22-17(16(20)23-25)24(15)14-4-2-1-3-11(14)19/h1-8,25H,(H2,20,23). The molecule has 2 aromatic carbocycles. The third-order valence-corrected chi connectivity index (χ3v) is 4.43. The second kappa shape index (κ2) is 5.91. The smallest absolute Gasteiger partial charge is 0.206 e. The molecule has 124 valence electrons. The Kier molecular flexibility index (Phi) is 3.71. The first-order valence-corrected chi connectivity index (χ1v) is 8.05. The summed E-state index contributed by atoms with van der Waals surface area (Å²) in [4.78, 5) is 8.86. The van der Waals surface area contributed by atoms with Gasteiger partial charge in [0, 0.05) is 10.4 Å². The van der Waals surface area contributed by atoms with E-state index in [9.17, 15) is 0 Å². The Morgan fingerprint density at radius 3 is 2.68 bits per heavy atom. The number of amidine groups is 1. The molecule has 6 nitrogen and oxygen atoms in total. The first-order chi connectivity index (χ1) is 12.1. The van der Waals surface area contributed by atoms with Gasteiger partial charge in [0.1, 0.15) is 5.52 Å². The van der Waals surface area contributed by atoms with E-state index < -0.39 is 0 Å². The number of pyridine rings is 1. The average Bonchev–Trinajstić information content (AvgIpc) is 3.01. The van der Waals surface area contributed by atoms with Crippen molar-refractivity contribution in [3.05, 3.63) is 64.5 Å². The molecular weight excluding hydrogens is 361 g/mol. The number of hydrogen-bond acceptors (Lipinski definition) is 4. The Bertz CT molecular complexity index is 1150. The van der Waals surface area contributed by atoms with Crippen LogP contribution >= 0.6 is 23.2 Å². The van der Waals surface area contributed by atoms with Crippen molar-refractivity contribution in [3.8, 4) is 5.69 Å². The molecule has 2 aromatic heterocycles. The molecule has 0 bridgehead atoms.